The Bertz CT molecular complexity index is 1550. The smallest absolute Gasteiger partial charge is 0.248 e. The van der Waals surface area contributed by atoms with Crippen molar-refractivity contribution in [3.8, 4) is 11.1 Å². The average molecular weight is 537 g/mol. The standard InChI is InChI=1S/C30H32N8O2/c1-20(39)38-18-25(19-38)33-27-13-12-24(17-31-27)35-30-32-16-22-8-5-10-26(29(22)36-30)21-7-4-9-23(15-21)34-28(40)11-6-14-37(2)3/h4-13,15-17,25H,14,18-19H2,1-3H3,(H,31,33)(H,34,40)(H,32,35,36). The van der Waals surface area contributed by atoms with Gasteiger partial charge in [-0.2, -0.15) is 0 Å². The highest BCUT2D eigenvalue weighted by Gasteiger charge is 2.28. The third kappa shape index (κ3) is 6.59. The number of hydrogen-bond acceptors (Lipinski definition) is 8. The molecule has 1 saturated heterocycles. The van der Waals surface area contributed by atoms with Crippen molar-refractivity contribution < 1.29 is 9.59 Å². The zero-order chi connectivity index (χ0) is 28.1. The molecule has 1 aliphatic heterocycles. The number of likely N-dealkylation sites (tertiary alicyclic amines) is 1. The third-order valence-electron chi connectivity index (χ3n) is 6.49. The minimum atomic E-state index is -0.175. The van der Waals surface area contributed by atoms with Crippen molar-refractivity contribution in [2.24, 2.45) is 0 Å². The van der Waals surface area contributed by atoms with Crippen LogP contribution in [0, 0.1) is 0 Å². The van der Waals surface area contributed by atoms with Crippen LogP contribution < -0.4 is 16.0 Å². The van der Waals surface area contributed by atoms with Crippen LogP contribution in [0.4, 0.5) is 23.1 Å². The molecule has 1 fully saturated rings. The number of rotatable bonds is 9. The lowest BCUT2D eigenvalue weighted by Gasteiger charge is -2.39. The van der Waals surface area contributed by atoms with Gasteiger partial charge in [0, 0.05) is 55.5 Å². The van der Waals surface area contributed by atoms with E-state index in [4.69, 9.17) is 4.98 Å². The van der Waals surface area contributed by atoms with E-state index in [0.717, 1.165) is 33.5 Å². The molecule has 10 nitrogen and oxygen atoms in total. The van der Waals surface area contributed by atoms with Gasteiger partial charge in [-0.1, -0.05) is 36.4 Å². The number of aromatic nitrogens is 3. The summed E-state index contributed by atoms with van der Waals surface area (Å²) in [6.45, 7) is 3.65. The monoisotopic (exact) mass is 536 g/mol. The molecule has 204 valence electrons. The van der Waals surface area contributed by atoms with Crippen LogP contribution in [-0.4, -0.2) is 76.3 Å². The quantitative estimate of drug-likeness (QED) is 0.274. The number of carbonyl (C=O) groups is 2. The predicted molar refractivity (Wildman–Crippen MR) is 158 cm³/mol. The number of carbonyl (C=O) groups excluding carboxylic acids is 2. The van der Waals surface area contributed by atoms with Crippen LogP contribution in [0.25, 0.3) is 22.0 Å². The zero-order valence-corrected chi connectivity index (χ0v) is 22.8. The van der Waals surface area contributed by atoms with Crippen molar-refractivity contribution in [2.75, 3.05) is 49.7 Å². The number of pyridine rings is 1. The summed E-state index contributed by atoms with van der Waals surface area (Å²) in [7, 11) is 3.90. The first-order valence-corrected chi connectivity index (χ1v) is 13.1. The van der Waals surface area contributed by atoms with E-state index in [1.165, 1.54) is 0 Å². The third-order valence-corrected chi connectivity index (χ3v) is 6.49. The molecule has 4 aromatic rings. The maximum Gasteiger partial charge on any atom is 0.248 e. The number of nitrogens with one attached hydrogen (secondary N) is 3. The van der Waals surface area contributed by atoms with Crippen LogP contribution in [-0.2, 0) is 9.59 Å². The number of para-hydroxylation sites is 1. The van der Waals surface area contributed by atoms with Gasteiger partial charge in [-0.15, -0.1) is 0 Å². The number of nitrogens with zero attached hydrogens (tertiary/aromatic N) is 5. The van der Waals surface area contributed by atoms with E-state index < -0.39 is 0 Å². The number of anilines is 4. The van der Waals surface area contributed by atoms with Crippen molar-refractivity contribution in [3.05, 3.63) is 79.1 Å². The topological polar surface area (TPSA) is 115 Å². The van der Waals surface area contributed by atoms with Crippen molar-refractivity contribution in [3.63, 3.8) is 0 Å². The summed E-state index contributed by atoms with van der Waals surface area (Å²) in [6, 6.07) is 17.7. The minimum absolute atomic E-state index is 0.0900. The lowest BCUT2D eigenvalue weighted by molar-refractivity contribution is -0.132. The molecule has 0 aliphatic carbocycles. The van der Waals surface area contributed by atoms with Crippen LogP contribution in [0.15, 0.2) is 79.1 Å². The summed E-state index contributed by atoms with van der Waals surface area (Å²) in [4.78, 5) is 41.2. The first-order chi connectivity index (χ1) is 19.3. The molecule has 40 heavy (non-hydrogen) atoms. The van der Waals surface area contributed by atoms with Crippen LogP contribution >= 0.6 is 0 Å². The van der Waals surface area contributed by atoms with Crippen molar-refractivity contribution in [1.29, 1.82) is 0 Å². The largest absolute Gasteiger partial charge is 0.364 e. The molecule has 0 bridgehead atoms. The minimum Gasteiger partial charge on any atom is -0.364 e. The Labute approximate surface area is 233 Å². The lowest BCUT2D eigenvalue weighted by atomic mass is 10.0. The molecule has 2 aromatic heterocycles. The van der Waals surface area contributed by atoms with Crippen LogP contribution in [0.3, 0.4) is 0 Å². The highest BCUT2D eigenvalue weighted by molar-refractivity contribution is 6.00. The van der Waals surface area contributed by atoms with E-state index >= 15 is 0 Å². The summed E-state index contributed by atoms with van der Waals surface area (Å²) in [6.07, 6.45) is 6.88. The molecule has 1 aliphatic rings. The Hall–Kier alpha value is -4.83. The fourth-order valence-corrected chi connectivity index (χ4v) is 4.39. The second-order valence-electron chi connectivity index (χ2n) is 9.99. The summed E-state index contributed by atoms with van der Waals surface area (Å²) in [5.41, 5.74) is 4.12. The van der Waals surface area contributed by atoms with E-state index in [1.807, 2.05) is 79.7 Å². The van der Waals surface area contributed by atoms with Gasteiger partial charge < -0.3 is 25.8 Å². The molecule has 3 N–H and O–H groups in total. The summed E-state index contributed by atoms with van der Waals surface area (Å²) in [5.74, 6) is 1.12. The Morgan fingerprint density at radius 1 is 1.02 bits per heavy atom. The summed E-state index contributed by atoms with van der Waals surface area (Å²) >= 11 is 0. The van der Waals surface area contributed by atoms with Crippen LogP contribution in [0.5, 0.6) is 0 Å². The molecule has 0 saturated carbocycles. The summed E-state index contributed by atoms with van der Waals surface area (Å²) in [5, 5.41) is 10.4. The van der Waals surface area contributed by atoms with Gasteiger partial charge in [-0.05, 0) is 43.9 Å². The van der Waals surface area contributed by atoms with Crippen LogP contribution in [0.1, 0.15) is 6.92 Å². The molecule has 0 unspecified atom stereocenters. The summed E-state index contributed by atoms with van der Waals surface area (Å²) < 4.78 is 0. The van der Waals surface area contributed by atoms with Gasteiger partial charge >= 0.3 is 0 Å². The Morgan fingerprint density at radius 3 is 2.60 bits per heavy atom. The van der Waals surface area contributed by atoms with Gasteiger partial charge in [0.15, 0.2) is 0 Å². The maximum atomic E-state index is 12.3. The van der Waals surface area contributed by atoms with Crippen LogP contribution in [0.2, 0.25) is 0 Å². The van der Waals surface area contributed by atoms with Gasteiger partial charge in [-0.25, -0.2) is 15.0 Å². The van der Waals surface area contributed by atoms with Gasteiger partial charge in [0.1, 0.15) is 5.82 Å². The Balaban J connectivity index is 1.29. The fourth-order valence-electron chi connectivity index (χ4n) is 4.39. The molecule has 3 heterocycles. The molecule has 2 aromatic carbocycles. The zero-order valence-electron chi connectivity index (χ0n) is 22.8. The molecule has 5 rings (SSSR count). The van der Waals surface area contributed by atoms with E-state index in [1.54, 1.807) is 30.3 Å². The molecule has 10 heteroatoms. The molecule has 2 amide bonds. The highest BCUT2D eigenvalue weighted by atomic mass is 16.2. The average Bonchev–Trinajstić information content (AvgIpc) is 2.90. The molecule has 0 atom stereocenters. The molecular weight excluding hydrogens is 504 g/mol. The van der Waals surface area contributed by atoms with E-state index in [-0.39, 0.29) is 17.9 Å². The van der Waals surface area contributed by atoms with Gasteiger partial charge in [0.25, 0.3) is 0 Å². The van der Waals surface area contributed by atoms with E-state index in [9.17, 15) is 9.59 Å². The normalized spacial score (nSPS) is 13.4. The highest BCUT2D eigenvalue weighted by Crippen LogP contribution is 2.30. The van der Waals surface area contributed by atoms with Gasteiger partial charge in [0.05, 0.1) is 23.4 Å². The van der Waals surface area contributed by atoms with Crippen molar-refractivity contribution in [1.82, 2.24) is 24.8 Å². The number of fused-ring (bicyclic) bond motifs is 1. The first kappa shape index (κ1) is 26.8. The number of benzene rings is 2. The Kier molecular flexibility index (Phi) is 7.97. The predicted octanol–water partition coefficient (Wildman–Crippen LogP) is 4.13. The second kappa shape index (κ2) is 11.9. The van der Waals surface area contributed by atoms with Crippen molar-refractivity contribution >= 4 is 45.9 Å². The fraction of sp³-hybridized carbons (Fsp3) is 0.233. The van der Waals surface area contributed by atoms with E-state index in [2.05, 4.69) is 25.9 Å². The number of amides is 2. The number of likely N-dealkylation sites (N-methyl/N-ethyl adjacent to an activating group) is 1. The first-order valence-electron chi connectivity index (χ1n) is 13.1. The second-order valence-corrected chi connectivity index (χ2v) is 9.99. The molecular formula is C30H32N8O2. The molecule has 0 radical (unpaired) electrons. The van der Waals surface area contributed by atoms with Gasteiger partial charge in [-0.3, -0.25) is 9.59 Å². The lowest BCUT2D eigenvalue weighted by Crippen LogP contribution is -2.56. The van der Waals surface area contributed by atoms with Crippen molar-refractivity contribution in [2.45, 2.75) is 13.0 Å². The maximum absolute atomic E-state index is 12.3. The van der Waals surface area contributed by atoms with Gasteiger partial charge in [0.2, 0.25) is 17.8 Å². The SMILES string of the molecule is CC(=O)N1CC(Nc2ccc(Nc3ncc4cccc(-c5cccc(NC(=O)C=CCN(C)C)c5)c4n3)cn2)C1. The Morgan fingerprint density at radius 2 is 1.85 bits per heavy atom. The number of hydrogen-bond donors (Lipinski definition) is 3. The van der Waals surface area contributed by atoms with E-state index in [0.29, 0.717) is 31.3 Å². The molecule has 0 spiro atoms.